The summed E-state index contributed by atoms with van der Waals surface area (Å²) < 4.78 is 28.2. The van der Waals surface area contributed by atoms with Gasteiger partial charge in [-0.1, -0.05) is 27.7 Å². The lowest BCUT2D eigenvalue weighted by Crippen LogP contribution is -2.38. The molecule has 1 amide bonds. The highest BCUT2D eigenvalue weighted by atomic mass is 19.2. The molecule has 0 saturated carbocycles. The molecule has 1 aromatic heterocycles. The van der Waals surface area contributed by atoms with E-state index < -0.39 is 11.6 Å². The first-order valence-corrected chi connectivity index (χ1v) is 7.85. The van der Waals surface area contributed by atoms with Crippen LogP contribution in [-0.2, 0) is 11.3 Å². The van der Waals surface area contributed by atoms with Gasteiger partial charge in [-0.15, -0.1) is 0 Å². The van der Waals surface area contributed by atoms with Crippen LogP contribution >= 0.6 is 0 Å². The molecule has 1 aromatic carbocycles. The van der Waals surface area contributed by atoms with E-state index in [1.807, 2.05) is 4.90 Å². The van der Waals surface area contributed by atoms with Crippen molar-refractivity contribution in [1.29, 1.82) is 0 Å². The molecule has 0 N–H and O–H groups in total. The smallest absolute Gasteiger partial charge is 0.242 e. The molecule has 0 unspecified atom stereocenters. The van der Waals surface area contributed by atoms with Crippen LogP contribution in [0.15, 0.2) is 18.5 Å². The standard InChI is InChI=1S/C17H23F2N3O/c1-11(2)7-21(8-12(3)4)17(23)9-22-10-20-15-5-13(18)14(19)6-16(15)22/h5-6,10-12H,7-9H2,1-4H3. The van der Waals surface area contributed by atoms with Crippen LogP contribution in [0.3, 0.4) is 0 Å². The molecule has 2 aromatic rings. The van der Waals surface area contributed by atoms with Crippen LogP contribution in [0.1, 0.15) is 27.7 Å². The van der Waals surface area contributed by atoms with Gasteiger partial charge in [-0.05, 0) is 11.8 Å². The maximum absolute atomic E-state index is 13.4. The molecule has 0 bridgehead atoms. The Morgan fingerprint density at radius 2 is 1.70 bits per heavy atom. The SMILES string of the molecule is CC(C)CN(CC(C)C)C(=O)Cn1cnc2cc(F)c(F)cc21. The molecular formula is C17H23F2N3O. The summed E-state index contributed by atoms with van der Waals surface area (Å²) in [4.78, 5) is 18.4. The van der Waals surface area contributed by atoms with Crippen LogP contribution in [-0.4, -0.2) is 33.4 Å². The predicted molar refractivity (Wildman–Crippen MR) is 85.9 cm³/mol. The second-order valence-corrected chi connectivity index (χ2v) is 6.71. The van der Waals surface area contributed by atoms with Crippen LogP contribution in [0.2, 0.25) is 0 Å². The third-order valence-corrected chi connectivity index (χ3v) is 3.49. The monoisotopic (exact) mass is 323 g/mol. The fourth-order valence-corrected chi connectivity index (χ4v) is 2.58. The van der Waals surface area contributed by atoms with E-state index in [-0.39, 0.29) is 12.5 Å². The van der Waals surface area contributed by atoms with Crippen molar-refractivity contribution in [3.63, 3.8) is 0 Å². The number of imidazole rings is 1. The normalized spacial score (nSPS) is 11.7. The molecule has 0 aliphatic rings. The van der Waals surface area contributed by atoms with Crippen molar-refractivity contribution in [2.24, 2.45) is 11.8 Å². The third kappa shape index (κ3) is 4.27. The Morgan fingerprint density at radius 1 is 1.13 bits per heavy atom. The molecular weight excluding hydrogens is 300 g/mol. The molecule has 126 valence electrons. The van der Waals surface area contributed by atoms with Gasteiger partial charge in [0.15, 0.2) is 11.6 Å². The fourth-order valence-electron chi connectivity index (χ4n) is 2.58. The molecule has 2 rings (SSSR count). The number of nitrogens with zero attached hydrogens (tertiary/aromatic N) is 3. The number of rotatable bonds is 6. The fraction of sp³-hybridized carbons (Fsp3) is 0.529. The van der Waals surface area contributed by atoms with Crippen molar-refractivity contribution < 1.29 is 13.6 Å². The van der Waals surface area contributed by atoms with Gasteiger partial charge in [-0.3, -0.25) is 4.79 Å². The summed E-state index contributed by atoms with van der Waals surface area (Å²) in [5.41, 5.74) is 0.766. The van der Waals surface area contributed by atoms with E-state index in [1.54, 1.807) is 4.57 Å². The maximum atomic E-state index is 13.4. The van der Waals surface area contributed by atoms with Crippen molar-refractivity contribution >= 4 is 16.9 Å². The van der Waals surface area contributed by atoms with Crippen LogP contribution in [0.25, 0.3) is 11.0 Å². The highest BCUT2D eigenvalue weighted by molar-refractivity contribution is 5.80. The topological polar surface area (TPSA) is 38.1 Å². The van der Waals surface area contributed by atoms with Gasteiger partial charge in [0.25, 0.3) is 0 Å². The summed E-state index contributed by atoms with van der Waals surface area (Å²) in [6, 6.07) is 2.13. The van der Waals surface area contributed by atoms with E-state index in [0.717, 1.165) is 12.1 Å². The molecule has 0 saturated heterocycles. The number of halogens is 2. The summed E-state index contributed by atoms with van der Waals surface area (Å²) >= 11 is 0. The Bertz CT molecular complexity index is 684. The van der Waals surface area contributed by atoms with Crippen molar-refractivity contribution in [3.05, 3.63) is 30.1 Å². The number of aromatic nitrogens is 2. The Kier molecular flexibility index (Phi) is 5.34. The van der Waals surface area contributed by atoms with E-state index in [4.69, 9.17) is 0 Å². The van der Waals surface area contributed by atoms with Gasteiger partial charge in [0.1, 0.15) is 6.54 Å². The van der Waals surface area contributed by atoms with Gasteiger partial charge in [-0.2, -0.15) is 0 Å². The average molecular weight is 323 g/mol. The summed E-state index contributed by atoms with van der Waals surface area (Å²) in [5.74, 6) is -1.19. The Balaban J connectivity index is 2.22. The molecule has 4 nitrogen and oxygen atoms in total. The largest absolute Gasteiger partial charge is 0.341 e. The summed E-state index contributed by atoms with van der Waals surface area (Å²) in [5, 5.41) is 0. The highest BCUT2D eigenvalue weighted by Gasteiger charge is 2.18. The van der Waals surface area contributed by atoms with E-state index in [2.05, 4.69) is 32.7 Å². The van der Waals surface area contributed by atoms with E-state index >= 15 is 0 Å². The number of carbonyl (C=O) groups excluding carboxylic acids is 1. The van der Waals surface area contributed by atoms with Gasteiger partial charge in [-0.25, -0.2) is 13.8 Å². The number of carbonyl (C=O) groups is 1. The number of benzene rings is 1. The number of amides is 1. The zero-order chi connectivity index (χ0) is 17.1. The molecule has 0 fully saturated rings. The van der Waals surface area contributed by atoms with E-state index in [1.165, 1.54) is 6.33 Å². The van der Waals surface area contributed by atoms with Crippen molar-refractivity contribution in [2.45, 2.75) is 34.2 Å². The molecule has 0 radical (unpaired) electrons. The second kappa shape index (κ2) is 7.06. The molecule has 0 spiro atoms. The molecule has 0 aliphatic carbocycles. The minimum atomic E-state index is -0.937. The first-order valence-electron chi connectivity index (χ1n) is 7.85. The summed E-state index contributed by atoms with van der Waals surface area (Å²) in [6.07, 6.45) is 1.45. The van der Waals surface area contributed by atoms with Crippen LogP contribution in [0.4, 0.5) is 8.78 Å². The van der Waals surface area contributed by atoms with Crippen LogP contribution in [0, 0.1) is 23.5 Å². The minimum absolute atomic E-state index is 0.0450. The van der Waals surface area contributed by atoms with Crippen molar-refractivity contribution in [2.75, 3.05) is 13.1 Å². The van der Waals surface area contributed by atoms with E-state index in [9.17, 15) is 13.6 Å². The minimum Gasteiger partial charge on any atom is -0.341 e. The first-order chi connectivity index (χ1) is 10.8. The average Bonchev–Trinajstić information content (AvgIpc) is 2.80. The molecule has 6 heteroatoms. The molecule has 0 atom stereocenters. The third-order valence-electron chi connectivity index (χ3n) is 3.49. The van der Waals surface area contributed by atoms with Gasteiger partial charge in [0, 0.05) is 25.2 Å². The first kappa shape index (κ1) is 17.4. The molecule has 0 aliphatic heterocycles. The lowest BCUT2D eigenvalue weighted by Gasteiger charge is -2.26. The quantitative estimate of drug-likeness (QED) is 0.816. The van der Waals surface area contributed by atoms with Crippen LogP contribution < -0.4 is 0 Å². The molecule has 23 heavy (non-hydrogen) atoms. The van der Waals surface area contributed by atoms with Crippen molar-refractivity contribution in [3.8, 4) is 0 Å². The summed E-state index contributed by atoms with van der Waals surface area (Å²) in [6.45, 7) is 9.66. The predicted octanol–water partition coefficient (Wildman–Crippen LogP) is 3.46. The maximum Gasteiger partial charge on any atom is 0.242 e. The van der Waals surface area contributed by atoms with Gasteiger partial charge in [0.05, 0.1) is 17.4 Å². The van der Waals surface area contributed by atoms with E-state index in [0.29, 0.717) is 36.0 Å². The van der Waals surface area contributed by atoms with Crippen LogP contribution in [0.5, 0.6) is 0 Å². The van der Waals surface area contributed by atoms with Crippen molar-refractivity contribution in [1.82, 2.24) is 14.5 Å². The Labute approximate surface area is 135 Å². The number of fused-ring (bicyclic) bond motifs is 1. The van der Waals surface area contributed by atoms with Gasteiger partial charge < -0.3 is 9.47 Å². The zero-order valence-corrected chi connectivity index (χ0v) is 14.0. The molecule has 1 heterocycles. The summed E-state index contributed by atoms with van der Waals surface area (Å²) in [7, 11) is 0. The van der Waals surface area contributed by atoms with Gasteiger partial charge >= 0.3 is 0 Å². The number of hydrogen-bond acceptors (Lipinski definition) is 2. The van der Waals surface area contributed by atoms with Gasteiger partial charge in [0.2, 0.25) is 5.91 Å². The lowest BCUT2D eigenvalue weighted by atomic mass is 10.1. The Morgan fingerprint density at radius 3 is 2.26 bits per heavy atom. The number of hydrogen-bond donors (Lipinski definition) is 0. The zero-order valence-electron chi connectivity index (χ0n) is 14.0. The Hall–Kier alpha value is -1.98. The highest BCUT2D eigenvalue weighted by Crippen LogP contribution is 2.18. The lowest BCUT2D eigenvalue weighted by molar-refractivity contribution is -0.132. The second-order valence-electron chi connectivity index (χ2n) is 6.71.